The van der Waals surface area contributed by atoms with Crippen LogP contribution in [0.15, 0.2) is 11.1 Å². The summed E-state index contributed by atoms with van der Waals surface area (Å²) in [5, 5.41) is 18.7. The highest BCUT2D eigenvalue weighted by molar-refractivity contribution is 5.98. The van der Waals surface area contributed by atoms with Crippen LogP contribution in [0.4, 0.5) is 0 Å². The number of carbonyl (C=O) groups is 2. The minimum Gasteiger partial charge on any atom is -0.478 e. The van der Waals surface area contributed by atoms with Gasteiger partial charge in [-0.2, -0.15) is 0 Å². The van der Waals surface area contributed by atoms with Gasteiger partial charge in [-0.15, -0.1) is 0 Å². The lowest BCUT2D eigenvalue weighted by molar-refractivity contribution is -0.136. The molecule has 0 radical (unpaired) electrons. The molecule has 0 heterocycles. The summed E-state index contributed by atoms with van der Waals surface area (Å²) in [7, 11) is 0. The SMILES string of the molecule is CCCCCCCCCCC(C(=O)O)=C(CCCCCC)C(=O)O. The molecule has 0 rings (SSSR count). The maximum atomic E-state index is 11.5. The van der Waals surface area contributed by atoms with Crippen molar-refractivity contribution in [2.75, 3.05) is 0 Å². The highest BCUT2D eigenvalue weighted by atomic mass is 16.4. The fraction of sp³-hybridized carbons (Fsp3) is 0.800. The fourth-order valence-electron chi connectivity index (χ4n) is 2.94. The number of hydrogen-bond donors (Lipinski definition) is 2. The summed E-state index contributed by atoms with van der Waals surface area (Å²) in [6.45, 7) is 4.29. The van der Waals surface area contributed by atoms with Crippen LogP contribution in [0.2, 0.25) is 0 Å². The second-order valence-corrected chi connectivity index (χ2v) is 6.60. The summed E-state index contributed by atoms with van der Waals surface area (Å²) in [4.78, 5) is 22.9. The van der Waals surface area contributed by atoms with Crippen LogP contribution < -0.4 is 0 Å². The Kier molecular flexibility index (Phi) is 14.4. The lowest BCUT2D eigenvalue weighted by atomic mass is 9.96. The lowest BCUT2D eigenvalue weighted by Crippen LogP contribution is -2.12. The molecule has 0 amide bonds. The Balaban J connectivity index is 4.34. The highest BCUT2D eigenvalue weighted by Crippen LogP contribution is 2.21. The van der Waals surface area contributed by atoms with E-state index in [4.69, 9.17) is 0 Å². The standard InChI is InChI=1S/C20H36O4/c1-3-5-7-9-10-11-12-14-16-18(20(23)24)17(19(21)22)15-13-8-6-4-2/h3-16H2,1-2H3,(H,21,22)(H,23,24). The minimum atomic E-state index is -1.07. The first-order valence-electron chi connectivity index (χ1n) is 9.73. The molecule has 0 atom stereocenters. The molecule has 0 aromatic rings. The molecule has 0 aliphatic heterocycles. The third-order valence-electron chi connectivity index (χ3n) is 4.44. The Labute approximate surface area is 147 Å². The molecule has 4 heteroatoms. The van der Waals surface area contributed by atoms with E-state index in [0.29, 0.717) is 12.8 Å². The Hall–Kier alpha value is -1.32. The van der Waals surface area contributed by atoms with Crippen LogP contribution in [0.3, 0.4) is 0 Å². The Morgan fingerprint density at radius 3 is 1.17 bits per heavy atom. The average Bonchev–Trinajstić information content (AvgIpc) is 2.54. The van der Waals surface area contributed by atoms with Gasteiger partial charge < -0.3 is 10.2 Å². The quantitative estimate of drug-likeness (QED) is 0.269. The molecule has 0 unspecified atom stereocenters. The fourth-order valence-corrected chi connectivity index (χ4v) is 2.94. The number of aliphatic carboxylic acids is 2. The Morgan fingerprint density at radius 2 is 0.833 bits per heavy atom. The van der Waals surface area contributed by atoms with E-state index in [0.717, 1.165) is 44.9 Å². The van der Waals surface area contributed by atoms with Gasteiger partial charge in [-0.3, -0.25) is 0 Å². The molecule has 0 saturated carbocycles. The summed E-state index contributed by atoms with van der Waals surface area (Å²) in [6.07, 6.45) is 13.7. The zero-order valence-corrected chi connectivity index (χ0v) is 15.6. The van der Waals surface area contributed by atoms with Crippen molar-refractivity contribution in [2.24, 2.45) is 0 Å². The van der Waals surface area contributed by atoms with Crippen molar-refractivity contribution in [1.29, 1.82) is 0 Å². The van der Waals surface area contributed by atoms with Crippen LogP contribution in [0.1, 0.15) is 104 Å². The molecule has 0 aromatic heterocycles. The molecule has 140 valence electrons. The molecule has 0 spiro atoms. The first-order valence-corrected chi connectivity index (χ1v) is 9.73. The first kappa shape index (κ1) is 22.7. The zero-order valence-electron chi connectivity index (χ0n) is 15.6. The van der Waals surface area contributed by atoms with E-state index in [-0.39, 0.29) is 11.1 Å². The van der Waals surface area contributed by atoms with Crippen molar-refractivity contribution in [1.82, 2.24) is 0 Å². The van der Waals surface area contributed by atoms with Gasteiger partial charge in [-0.25, -0.2) is 9.59 Å². The third-order valence-corrected chi connectivity index (χ3v) is 4.44. The lowest BCUT2D eigenvalue weighted by Gasteiger charge is -2.09. The maximum Gasteiger partial charge on any atom is 0.332 e. The monoisotopic (exact) mass is 340 g/mol. The van der Waals surface area contributed by atoms with Gasteiger partial charge in [0, 0.05) is 11.1 Å². The number of rotatable bonds is 16. The predicted molar refractivity (Wildman–Crippen MR) is 98.3 cm³/mol. The molecule has 0 aromatic carbocycles. The van der Waals surface area contributed by atoms with Crippen LogP contribution >= 0.6 is 0 Å². The number of unbranched alkanes of at least 4 members (excludes halogenated alkanes) is 10. The van der Waals surface area contributed by atoms with Gasteiger partial charge in [0.15, 0.2) is 0 Å². The van der Waals surface area contributed by atoms with Gasteiger partial charge in [0.1, 0.15) is 0 Å². The van der Waals surface area contributed by atoms with E-state index in [1.54, 1.807) is 0 Å². The smallest absolute Gasteiger partial charge is 0.332 e. The van der Waals surface area contributed by atoms with Crippen molar-refractivity contribution >= 4 is 11.9 Å². The van der Waals surface area contributed by atoms with Crippen LogP contribution in [0, 0.1) is 0 Å². The van der Waals surface area contributed by atoms with Crippen molar-refractivity contribution in [3.8, 4) is 0 Å². The number of carboxylic acids is 2. The van der Waals surface area contributed by atoms with E-state index in [1.165, 1.54) is 32.1 Å². The van der Waals surface area contributed by atoms with Gasteiger partial charge in [-0.05, 0) is 25.7 Å². The molecular weight excluding hydrogens is 304 g/mol. The summed E-state index contributed by atoms with van der Waals surface area (Å²) < 4.78 is 0. The van der Waals surface area contributed by atoms with E-state index < -0.39 is 11.9 Å². The second-order valence-electron chi connectivity index (χ2n) is 6.60. The highest BCUT2D eigenvalue weighted by Gasteiger charge is 2.19. The molecule has 0 bridgehead atoms. The summed E-state index contributed by atoms with van der Waals surface area (Å²) in [5.74, 6) is -2.13. The normalized spacial score (nSPS) is 12.1. The van der Waals surface area contributed by atoms with Crippen molar-refractivity contribution in [2.45, 2.75) is 104 Å². The molecule has 0 aliphatic carbocycles. The van der Waals surface area contributed by atoms with Crippen LogP contribution in [0.5, 0.6) is 0 Å². The topological polar surface area (TPSA) is 74.6 Å². The zero-order chi connectivity index (χ0) is 18.2. The predicted octanol–water partition coefficient (Wildman–Crippen LogP) is 5.95. The van der Waals surface area contributed by atoms with Crippen LogP contribution in [-0.4, -0.2) is 22.2 Å². The van der Waals surface area contributed by atoms with Gasteiger partial charge >= 0.3 is 11.9 Å². The second kappa shape index (κ2) is 15.2. The van der Waals surface area contributed by atoms with Crippen molar-refractivity contribution < 1.29 is 19.8 Å². The third kappa shape index (κ3) is 11.3. The molecule has 0 fully saturated rings. The molecule has 0 saturated heterocycles. The van der Waals surface area contributed by atoms with E-state index in [9.17, 15) is 19.8 Å². The van der Waals surface area contributed by atoms with E-state index in [1.807, 2.05) is 0 Å². The van der Waals surface area contributed by atoms with E-state index in [2.05, 4.69) is 13.8 Å². The summed E-state index contributed by atoms with van der Waals surface area (Å²) in [6, 6.07) is 0. The van der Waals surface area contributed by atoms with Gasteiger partial charge in [0.05, 0.1) is 0 Å². The van der Waals surface area contributed by atoms with Crippen LogP contribution in [-0.2, 0) is 9.59 Å². The molecule has 24 heavy (non-hydrogen) atoms. The molecule has 4 nitrogen and oxygen atoms in total. The Morgan fingerprint density at radius 1 is 0.542 bits per heavy atom. The van der Waals surface area contributed by atoms with Gasteiger partial charge in [0.25, 0.3) is 0 Å². The van der Waals surface area contributed by atoms with Crippen molar-refractivity contribution in [3.63, 3.8) is 0 Å². The maximum absolute atomic E-state index is 11.5. The summed E-state index contributed by atoms with van der Waals surface area (Å²) >= 11 is 0. The average molecular weight is 341 g/mol. The minimum absolute atomic E-state index is 0.113. The number of carboxylic acid groups (broad SMARTS) is 2. The summed E-state index contributed by atoms with van der Waals surface area (Å²) in [5.41, 5.74) is 0.228. The molecular formula is C20H36O4. The van der Waals surface area contributed by atoms with Gasteiger partial charge in [-0.1, -0.05) is 78.1 Å². The largest absolute Gasteiger partial charge is 0.478 e. The molecule has 0 aliphatic rings. The first-order chi connectivity index (χ1) is 11.5. The van der Waals surface area contributed by atoms with Gasteiger partial charge in [0.2, 0.25) is 0 Å². The van der Waals surface area contributed by atoms with E-state index >= 15 is 0 Å². The Bertz CT molecular complexity index is 385. The number of hydrogen-bond acceptors (Lipinski definition) is 2. The molecule has 2 N–H and O–H groups in total. The van der Waals surface area contributed by atoms with Crippen LogP contribution in [0.25, 0.3) is 0 Å². The van der Waals surface area contributed by atoms with Crippen molar-refractivity contribution in [3.05, 3.63) is 11.1 Å².